The van der Waals surface area contributed by atoms with Crippen LogP contribution in [0, 0.1) is 20.8 Å². The van der Waals surface area contributed by atoms with Crippen molar-refractivity contribution in [2.45, 2.75) is 33.6 Å². The van der Waals surface area contributed by atoms with Crippen LogP contribution >= 0.6 is 24.0 Å². The van der Waals surface area contributed by atoms with Crippen molar-refractivity contribution < 1.29 is 4.79 Å². The number of benzene rings is 2. The van der Waals surface area contributed by atoms with Gasteiger partial charge in [-0.25, -0.2) is 0 Å². The lowest BCUT2D eigenvalue weighted by Crippen LogP contribution is -2.27. The summed E-state index contributed by atoms with van der Waals surface area (Å²) < 4.78 is 0.589. The van der Waals surface area contributed by atoms with Gasteiger partial charge in [-0.3, -0.25) is 9.69 Å². The number of amides is 1. The standard InChI is InChI=1S/C23H24N2OS2/c1-15-6-8-20(12-16(15)2)25-22(26)21(28-23(25)27)14-18-7-9-19(13-17(18)3)24-10-4-5-11-24/h6-9,12-14H,4-5,10-11H2,1-3H3/b21-14+. The number of thioether (sulfide) groups is 1. The summed E-state index contributed by atoms with van der Waals surface area (Å²) in [7, 11) is 0. The molecule has 2 aliphatic rings. The lowest BCUT2D eigenvalue weighted by atomic mass is 10.1. The fraction of sp³-hybridized carbons (Fsp3) is 0.304. The number of hydrogen-bond acceptors (Lipinski definition) is 4. The molecule has 0 saturated carbocycles. The van der Waals surface area contributed by atoms with Crippen molar-refractivity contribution in [1.82, 2.24) is 0 Å². The first-order chi connectivity index (χ1) is 13.4. The normalized spacial score (nSPS) is 18.6. The monoisotopic (exact) mass is 408 g/mol. The van der Waals surface area contributed by atoms with Gasteiger partial charge in [0, 0.05) is 18.8 Å². The average Bonchev–Trinajstić information content (AvgIpc) is 3.28. The average molecular weight is 409 g/mol. The molecule has 0 N–H and O–H groups in total. The van der Waals surface area contributed by atoms with Crippen LogP contribution in [0.15, 0.2) is 41.3 Å². The Kier molecular flexibility index (Phi) is 5.30. The smallest absolute Gasteiger partial charge is 0.270 e. The zero-order chi connectivity index (χ0) is 19.8. The van der Waals surface area contributed by atoms with Crippen molar-refractivity contribution in [1.29, 1.82) is 0 Å². The molecular weight excluding hydrogens is 384 g/mol. The van der Waals surface area contributed by atoms with Crippen LogP contribution in [0.1, 0.15) is 35.1 Å². The number of rotatable bonds is 3. The van der Waals surface area contributed by atoms with Crippen LogP contribution in [0.5, 0.6) is 0 Å². The van der Waals surface area contributed by atoms with Gasteiger partial charge in [0.15, 0.2) is 4.32 Å². The summed E-state index contributed by atoms with van der Waals surface area (Å²) in [6.45, 7) is 8.49. The molecule has 28 heavy (non-hydrogen) atoms. The molecule has 5 heteroatoms. The molecule has 2 aromatic carbocycles. The maximum Gasteiger partial charge on any atom is 0.270 e. The Morgan fingerprint density at radius 3 is 2.29 bits per heavy atom. The van der Waals surface area contributed by atoms with E-state index in [0.717, 1.165) is 29.9 Å². The number of aryl methyl sites for hydroxylation is 3. The van der Waals surface area contributed by atoms with Crippen LogP contribution in [0.3, 0.4) is 0 Å². The van der Waals surface area contributed by atoms with Crippen LogP contribution in [0.25, 0.3) is 6.08 Å². The molecular formula is C23H24N2OS2. The number of carbonyl (C=O) groups excluding carboxylic acids is 1. The molecule has 0 spiro atoms. The van der Waals surface area contributed by atoms with Crippen molar-refractivity contribution in [3.05, 3.63) is 63.6 Å². The Labute approximate surface area is 176 Å². The summed E-state index contributed by atoms with van der Waals surface area (Å²) in [5.74, 6) is -0.0405. The van der Waals surface area contributed by atoms with Gasteiger partial charge in [-0.05, 0) is 86.2 Å². The second kappa shape index (κ2) is 7.72. The van der Waals surface area contributed by atoms with Gasteiger partial charge >= 0.3 is 0 Å². The predicted octanol–water partition coefficient (Wildman–Crippen LogP) is 5.62. The summed E-state index contributed by atoms with van der Waals surface area (Å²) in [5, 5.41) is 0. The molecule has 0 aromatic heterocycles. The van der Waals surface area contributed by atoms with Crippen LogP contribution in [-0.4, -0.2) is 23.3 Å². The van der Waals surface area contributed by atoms with E-state index in [1.165, 1.54) is 41.4 Å². The minimum absolute atomic E-state index is 0.0405. The zero-order valence-corrected chi connectivity index (χ0v) is 18.1. The minimum atomic E-state index is -0.0405. The quantitative estimate of drug-likeness (QED) is 0.486. The van der Waals surface area contributed by atoms with Crippen molar-refractivity contribution >= 4 is 51.7 Å². The van der Waals surface area contributed by atoms with E-state index in [0.29, 0.717) is 9.23 Å². The van der Waals surface area contributed by atoms with Gasteiger partial charge in [-0.2, -0.15) is 0 Å². The second-order valence-corrected chi connectivity index (χ2v) is 9.20. The van der Waals surface area contributed by atoms with Crippen molar-refractivity contribution in [3.8, 4) is 0 Å². The fourth-order valence-electron chi connectivity index (χ4n) is 3.69. The van der Waals surface area contributed by atoms with E-state index in [-0.39, 0.29) is 5.91 Å². The van der Waals surface area contributed by atoms with Gasteiger partial charge in [0.25, 0.3) is 5.91 Å². The number of hydrogen-bond donors (Lipinski definition) is 0. The Bertz CT molecular complexity index is 990. The van der Waals surface area contributed by atoms with E-state index >= 15 is 0 Å². The van der Waals surface area contributed by atoms with Crippen LogP contribution < -0.4 is 9.80 Å². The number of nitrogens with zero attached hydrogens (tertiary/aromatic N) is 2. The van der Waals surface area contributed by atoms with Crippen LogP contribution in [-0.2, 0) is 4.79 Å². The highest BCUT2D eigenvalue weighted by molar-refractivity contribution is 8.27. The third kappa shape index (κ3) is 3.61. The Morgan fingerprint density at radius 2 is 1.61 bits per heavy atom. The first-order valence-electron chi connectivity index (χ1n) is 9.65. The van der Waals surface area contributed by atoms with E-state index < -0.39 is 0 Å². The largest absolute Gasteiger partial charge is 0.372 e. The Balaban J connectivity index is 1.61. The third-order valence-corrected chi connectivity index (χ3v) is 6.86. The summed E-state index contributed by atoms with van der Waals surface area (Å²) in [6, 6.07) is 12.5. The first kappa shape index (κ1) is 19.2. The van der Waals surface area contributed by atoms with Crippen LogP contribution in [0.4, 0.5) is 11.4 Å². The molecule has 0 aliphatic carbocycles. The van der Waals surface area contributed by atoms with E-state index in [9.17, 15) is 4.79 Å². The van der Waals surface area contributed by atoms with E-state index in [4.69, 9.17) is 12.2 Å². The highest BCUT2D eigenvalue weighted by Crippen LogP contribution is 2.37. The molecule has 1 amide bonds. The molecule has 3 nitrogen and oxygen atoms in total. The summed E-state index contributed by atoms with van der Waals surface area (Å²) in [5.41, 5.74) is 6.73. The van der Waals surface area contributed by atoms with Crippen molar-refractivity contribution in [3.63, 3.8) is 0 Å². The van der Waals surface area contributed by atoms with E-state index in [1.807, 2.05) is 24.3 Å². The highest BCUT2D eigenvalue weighted by atomic mass is 32.2. The Morgan fingerprint density at radius 1 is 0.929 bits per heavy atom. The molecule has 2 aliphatic heterocycles. The van der Waals surface area contributed by atoms with Crippen molar-refractivity contribution in [2.24, 2.45) is 0 Å². The van der Waals surface area contributed by atoms with Gasteiger partial charge in [0.2, 0.25) is 0 Å². The van der Waals surface area contributed by atoms with Gasteiger partial charge < -0.3 is 4.90 Å². The molecule has 2 heterocycles. The topological polar surface area (TPSA) is 23.6 Å². The molecule has 144 valence electrons. The molecule has 0 unspecified atom stereocenters. The zero-order valence-electron chi connectivity index (χ0n) is 16.5. The molecule has 0 bridgehead atoms. The van der Waals surface area contributed by atoms with Crippen molar-refractivity contribution in [2.75, 3.05) is 22.9 Å². The SMILES string of the molecule is Cc1ccc(N2C(=O)/C(=C\c3ccc(N4CCCC4)cc3C)SC2=S)cc1C. The van der Waals surface area contributed by atoms with Gasteiger partial charge in [0.05, 0.1) is 10.6 Å². The second-order valence-electron chi connectivity index (χ2n) is 7.52. The maximum atomic E-state index is 13.0. The lowest BCUT2D eigenvalue weighted by molar-refractivity contribution is -0.113. The molecule has 0 atom stereocenters. The molecule has 4 rings (SSSR count). The van der Waals surface area contributed by atoms with Gasteiger partial charge in [0.1, 0.15) is 0 Å². The van der Waals surface area contributed by atoms with Gasteiger partial charge in [-0.15, -0.1) is 0 Å². The summed E-state index contributed by atoms with van der Waals surface area (Å²) in [6.07, 6.45) is 4.51. The highest BCUT2D eigenvalue weighted by Gasteiger charge is 2.33. The summed E-state index contributed by atoms with van der Waals surface area (Å²) >= 11 is 6.89. The Hall–Kier alpha value is -2.11. The maximum absolute atomic E-state index is 13.0. The molecule has 2 fully saturated rings. The summed E-state index contributed by atoms with van der Waals surface area (Å²) in [4.78, 5) is 17.8. The first-order valence-corrected chi connectivity index (χ1v) is 10.9. The predicted molar refractivity (Wildman–Crippen MR) is 124 cm³/mol. The third-order valence-electron chi connectivity index (χ3n) is 5.55. The number of carbonyl (C=O) groups is 1. The molecule has 0 radical (unpaired) electrons. The van der Waals surface area contributed by atoms with E-state index in [2.05, 4.69) is 43.9 Å². The minimum Gasteiger partial charge on any atom is -0.372 e. The van der Waals surface area contributed by atoms with Gasteiger partial charge in [-0.1, -0.05) is 36.1 Å². The number of anilines is 2. The fourth-order valence-corrected chi connectivity index (χ4v) is 4.98. The lowest BCUT2D eigenvalue weighted by Gasteiger charge is -2.18. The number of thiocarbonyl (C=S) groups is 1. The van der Waals surface area contributed by atoms with E-state index in [1.54, 1.807) is 4.90 Å². The molecule has 2 aromatic rings. The van der Waals surface area contributed by atoms with Crippen LogP contribution in [0.2, 0.25) is 0 Å². The molecule has 2 saturated heterocycles.